The minimum atomic E-state index is -1.29. The van der Waals surface area contributed by atoms with Crippen molar-refractivity contribution in [1.29, 1.82) is 0 Å². The number of hydrogen-bond acceptors (Lipinski definition) is 4. The second-order valence-corrected chi connectivity index (χ2v) is 3.04. The van der Waals surface area contributed by atoms with Gasteiger partial charge in [-0.2, -0.15) is 0 Å². The van der Waals surface area contributed by atoms with Gasteiger partial charge in [-0.3, -0.25) is 0 Å². The Morgan fingerprint density at radius 2 is 1.83 bits per heavy atom. The number of benzene rings is 1. The Hall–Kier alpha value is -1.48. The number of carbonyl (C=O) groups excluding carboxylic acids is 1. The fourth-order valence-corrected chi connectivity index (χ4v) is 1.28. The number of carbonyl (C=O) groups is 1. The molecule has 0 aromatic heterocycles. The molecular weight excluding hydrogens is 244 g/mol. The topological polar surface area (TPSA) is 63.0 Å². The summed E-state index contributed by atoms with van der Waals surface area (Å²) in [6, 6.07) is 3.10. The van der Waals surface area contributed by atoms with Gasteiger partial charge < -0.3 is 19.4 Å². The predicted octanol–water partition coefficient (Wildman–Crippen LogP) is -1.98. The van der Waals surface area contributed by atoms with Crippen LogP contribution < -0.4 is 44.1 Å². The van der Waals surface area contributed by atoms with Crippen molar-refractivity contribution in [2.24, 2.45) is 0 Å². The molecule has 0 saturated carbocycles. The van der Waals surface area contributed by atoms with Crippen LogP contribution >= 0.6 is 0 Å². The summed E-state index contributed by atoms with van der Waals surface area (Å²) in [4.78, 5) is 13.6. The Bertz CT molecular complexity index is 480. The zero-order chi connectivity index (χ0) is 12.8. The summed E-state index contributed by atoms with van der Waals surface area (Å²) >= 11 is 0. The van der Waals surface area contributed by atoms with Crippen LogP contribution in [0.4, 0.5) is 5.69 Å². The molecule has 0 fully saturated rings. The standard InChI is InChI=1S/C12H11NO4.Na/c1-13-12-9(16-2)6-8(4-5-11(14)15)7-10(12)17-3;/h4-7H,2-3H3,(H,14,15);/q;+1/p-1/b5-4+;/i1-1;. The molecule has 5 nitrogen and oxygen atoms in total. The number of rotatable bonds is 4. The summed E-state index contributed by atoms with van der Waals surface area (Å²) in [5, 5.41) is 10.3. The van der Waals surface area contributed by atoms with Crippen molar-refractivity contribution in [3.63, 3.8) is 0 Å². The normalized spacial score (nSPS) is 9.39. The summed E-state index contributed by atoms with van der Waals surface area (Å²) in [6.45, 7) is 7.02. The molecule has 0 aliphatic heterocycles. The van der Waals surface area contributed by atoms with Gasteiger partial charge in [-0.25, -0.2) is 4.85 Å². The molecular formula is C12H10NNaO4. The van der Waals surface area contributed by atoms with E-state index in [1.165, 1.54) is 20.3 Å². The first-order valence-electron chi connectivity index (χ1n) is 4.65. The molecule has 0 spiro atoms. The summed E-state index contributed by atoms with van der Waals surface area (Å²) in [5.74, 6) is -0.633. The van der Waals surface area contributed by atoms with Crippen molar-refractivity contribution < 1.29 is 48.9 Å². The zero-order valence-corrected chi connectivity index (χ0v) is 12.4. The van der Waals surface area contributed by atoms with Crippen molar-refractivity contribution in [2.45, 2.75) is 0 Å². The molecule has 18 heavy (non-hydrogen) atoms. The number of carboxylic acid groups (broad SMARTS) is 1. The predicted molar refractivity (Wildman–Crippen MR) is 59.8 cm³/mol. The first-order valence-corrected chi connectivity index (χ1v) is 4.65. The van der Waals surface area contributed by atoms with Crippen LogP contribution in [-0.4, -0.2) is 20.2 Å². The van der Waals surface area contributed by atoms with Gasteiger partial charge >= 0.3 is 29.6 Å². The van der Waals surface area contributed by atoms with E-state index >= 15 is 0 Å². The maximum atomic E-state index is 10.3. The molecule has 1 aromatic rings. The van der Waals surface area contributed by atoms with Gasteiger partial charge in [0.2, 0.25) is 0 Å². The smallest absolute Gasteiger partial charge is 0.545 e. The van der Waals surface area contributed by atoms with Crippen molar-refractivity contribution in [3.05, 3.63) is 35.2 Å². The van der Waals surface area contributed by atoms with Crippen molar-refractivity contribution in [3.8, 4) is 11.5 Å². The van der Waals surface area contributed by atoms with Gasteiger partial charge in [-0.05, 0) is 23.8 Å². The minimum absolute atomic E-state index is 0. The fourth-order valence-electron chi connectivity index (χ4n) is 1.28. The van der Waals surface area contributed by atoms with Gasteiger partial charge in [0.15, 0.2) is 0 Å². The molecule has 6 heteroatoms. The average molecular weight is 254 g/mol. The van der Waals surface area contributed by atoms with Gasteiger partial charge in [-0.1, -0.05) is 6.08 Å². The Morgan fingerprint density at radius 1 is 1.33 bits per heavy atom. The van der Waals surface area contributed by atoms with Gasteiger partial charge in [0.25, 0.3) is 5.69 Å². The van der Waals surface area contributed by atoms with Gasteiger partial charge in [0, 0.05) is 0 Å². The first-order chi connectivity index (χ1) is 8.12. The fraction of sp³-hybridized carbons (Fsp3) is 0.167. The van der Waals surface area contributed by atoms with E-state index in [1.807, 2.05) is 0 Å². The summed E-state index contributed by atoms with van der Waals surface area (Å²) in [7, 11) is 2.85. The van der Waals surface area contributed by atoms with Crippen LogP contribution in [-0.2, 0) is 4.79 Å². The molecule has 0 bridgehead atoms. The van der Waals surface area contributed by atoms with Gasteiger partial charge in [0.05, 0.1) is 26.8 Å². The molecule has 0 N–H and O–H groups in total. The summed E-state index contributed by atoms with van der Waals surface area (Å²) < 4.78 is 10.1. The first kappa shape index (κ1) is 16.5. The second-order valence-electron chi connectivity index (χ2n) is 3.04. The van der Waals surface area contributed by atoms with E-state index < -0.39 is 5.97 Å². The van der Waals surface area contributed by atoms with E-state index in [4.69, 9.17) is 16.0 Å². The molecule has 0 aliphatic rings. The quantitative estimate of drug-likeness (QED) is 0.355. The van der Waals surface area contributed by atoms with Crippen molar-refractivity contribution in [2.75, 3.05) is 14.2 Å². The Labute approximate surface area is 127 Å². The number of ether oxygens (including phenoxy) is 2. The molecule has 0 atom stereocenters. The van der Waals surface area contributed by atoms with Crippen LogP contribution in [0.3, 0.4) is 0 Å². The Morgan fingerprint density at radius 3 is 2.17 bits per heavy atom. The van der Waals surface area contributed by atoms with Crippen LogP contribution in [0.15, 0.2) is 18.2 Å². The van der Waals surface area contributed by atoms with E-state index in [2.05, 4.69) is 4.85 Å². The van der Waals surface area contributed by atoms with Crippen molar-refractivity contribution in [1.82, 2.24) is 0 Å². The third-order valence-corrected chi connectivity index (χ3v) is 2.03. The van der Waals surface area contributed by atoms with E-state index in [1.54, 1.807) is 12.1 Å². The van der Waals surface area contributed by atoms with Gasteiger partial charge in [0.1, 0.15) is 11.5 Å². The summed E-state index contributed by atoms with van der Waals surface area (Å²) in [6.07, 6.45) is 2.24. The van der Waals surface area contributed by atoms with Gasteiger partial charge in [-0.15, -0.1) is 0 Å². The molecule has 88 valence electrons. The number of aliphatic carboxylic acids is 1. The third kappa shape index (κ3) is 4.08. The van der Waals surface area contributed by atoms with Crippen LogP contribution in [0, 0.1) is 6.57 Å². The van der Waals surface area contributed by atoms with Crippen molar-refractivity contribution >= 4 is 17.7 Å². The molecule has 0 unspecified atom stereocenters. The molecule has 1 aromatic carbocycles. The van der Waals surface area contributed by atoms with Crippen LogP contribution in [0.1, 0.15) is 5.56 Å². The van der Waals surface area contributed by atoms with E-state index in [0.717, 1.165) is 6.08 Å². The number of hydrogen-bond donors (Lipinski definition) is 0. The van der Waals surface area contributed by atoms with E-state index in [9.17, 15) is 9.90 Å². The number of nitrogens with zero attached hydrogens (tertiary/aromatic N) is 1. The monoisotopic (exact) mass is 254 g/mol. The molecule has 1 rings (SSSR count). The van der Waals surface area contributed by atoms with Crippen LogP contribution in [0.5, 0.6) is 11.5 Å². The Kier molecular flexibility index (Phi) is 7.13. The maximum Gasteiger partial charge on any atom is 1.00 e. The van der Waals surface area contributed by atoms with E-state index in [-0.39, 0.29) is 35.2 Å². The molecule has 0 aliphatic carbocycles. The number of carboxylic acids is 1. The largest absolute Gasteiger partial charge is 1.00 e. The maximum absolute atomic E-state index is 10.3. The molecule has 0 amide bonds. The summed E-state index contributed by atoms with van der Waals surface area (Å²) in [5.41, 5.74) is 0.802. The molecule has 0 saturated heterocycles. The van der Waals surface area contributed by atoms with E-state index in [0.29, 0.717) is 17.1 Å². The minimum Gasteiger partial charge on any atom is -0.545 e. The Balaban J connectivity index is 0.00000289. The SMILES string of the molecule is COc1cc(/C=C/C(=O)[O-])cc(OC)c1[N+]#[11C-].[Na+]. The number of methoxy groups -OCH3 is 2. The second kappa shape index (κ2) is 7.77. The van der Waals surface area contributed by atoms with Crippen LogP contribution in [0.25, 0.3) is 10.9 Å². The third-order valence-electron chi connectivity index (χ3n) is 2.03. The average Bonchev–Trinajstić information content (AvgIpc) is 2.34. The zero-order valence-electron chi connectivity index (χ0n) is 10.4. The van der Waals surface area contributed by atoms with Crippen LogP contribution in [0.2, 0.25) is 0 Å². The molecule has 0 radical (unpaired) electrons. The molecule has 0 heterocycles.